The summed E-state index contributed by atoms with van der Waals surface area (Å²) < 4.78 is 7.01. The summed E-state index contributed by atoms with van der Waals surface area (Å²) in [7, 11) is 0. The summed E-state index contributed by atoms with van der Waals surface area (Å²) in [5, 5.41) is 18.5. The largest absolute Gasteiger partial charge is 0.454 e. The lowest BCUT2D eigenvalue weighted by Crippen LogP contribution is -2.43. The van der Waals surface area contributed by atoms with Crippen molar-refractivity contribution in [1.29, 1.82) is 0 Å². The van der Waals surface area contributed by atoms with Crippen molar-refractivity contribution in [1.82, 2.24) is 25.4 Å². The van der Waals surface area contributed by atoms with Gasteiger partial charge in [-0.15, -0.1) is 5.10 Å². The van der Waals surface area contributed by atoms with Crippen LogP contribution in [0.4, 0.5) is 10.6 Å². The second kappa shape index (κ2) is 4.55. The van der Waals surface area contributed by atoms with Crippen molar-refractivity contribution in [2.24, 2.45) is 0 Å². The highest BCUT2D eigenvalue weighted by molar-refractivity contribution is 6.06. The highest BCUT2D eigenvalue weighted by Crippen LogP contribution is 2.28. The van der Waals surface area contributed by atoms with E-state index in [2.05, 4.69) is 15.4 Å². The molecule has 0 spiro atoms. The van der Waals surface area contributed by atoms with Crippen LogP contribution in [-0.4, -0.2) is 31.8 Å². The molecule has 1 fully saturated rings. The maximum Gasteiger partial charge on any atom is 0.324 e. The molecule has 0 bridgehead atoms. The van der Waals surface area contributed by atoms with Gasteiger partial charge in [-0.25, -0.2) is 14.5 Å². The molecule has 3 amide bonds. The fraction of sp³-hybridized carbons (Fsp3) is 0.143. The summed E-state index contributed by atoms with van der Waals surface area (Å²) in [6.45, 7) is 1.83. The highest BCUT2D eigenvalue weighted by Gasteiger charge is 2.49. The normalized spacial score (nSPS) is 20.4. The molecule has 1 aliphatic heterocycles. The van der Waals surface area contributed by atoms with Gasteiger partial charge in [0, 0.05) is 17.8 Å². The summed E-state index contributed by atoms with van der Waals surface area (Å²) in [6.07, 6.45) is 0. The summed E-state index contributed by atoms with van der Waals surface area (Å²) in [5.41, 5.74) is 4.93. The Morgan fingerprint density at radius 2 is 2.12 bits per heavy atom. The lowest BCUT2D eigenvalue weighted by Gasteiger charge is -2.14. The van der Waals surface area contributed by atoms with Gasteiger partial charge in [0.05, 0.1) is 0 Å². The van der Waals surface area contributed by atoms with Crippen LogP contribution in [0.3, 0.4) is 0 Å². The minimum atomic E-state index is -2.26. The molecule has 1 atom stereocenters. The van der Waals surface area contributed by atoms with Gasteiger partial charge in [-0.3, -0.25) is 15.4 Å². The number of carbonyl (C=O) groups is 2. The van der Waals surface area contributed by atoms with Crippen LogP contribution in [0.15, 0.2) is 28.7 Å². The second-order valence-electron chi connectivity index (χ2n) is 5.40. The number of fused-ring (bicyclic) bond motifs is 1. The van der Waals surface area contributed by atoms with E-state index in [1.165, 1.54) is 6.07 Å². The first kappa shape index (κ1) is 14.2. The Hall–Kier alpha value is -3.40. The molecule has 3 aromatic heterocycles. The number of aryl methyl sites for hydroxylation is 1. The Bertz CT molecular complexity index is 1010. The van der Waals surface area contributed by atoms with E-state index in [9.17, 15) is 14.7 Å². The Morgan fingerprint density at radius 1 is 1.33 bits per heavy atom. The molecule has 4 heterocycles. The molecule has 0 saturated carbocycles. The number of aliphatic hydroxyl groups is 1. The molecule has 3 aromatic rings. The molecule has 1 aliphatic rings. The molecule has 0 aromatic carbocycles. The fourth-order valence-electron chi connectivity index (χ4n) is 2.56. The zero-order chi connectivity index (χ0) is 17.1. The maximum atomic E-state index is 11.8. The van der Waals surface area contributed by atoms with Crippen LogP contribution < -0.4 is 16.4 Å². The number of carbonyl (C=O) groups excluding carboxylic acids is 2. The van der Waals surface area contributed by atoms with Crippen molar-refractivity contribution in [2.45, 2.75) is 12.6 Å². The van der Waals surface area contributed by atoms with E-state index in [0.717, 1.165) is 5.69 Å². The number of aromatic nitrogens is 3. The van der Waals surface area contributed by atoms with Crippen molar-refractivity contribution < 1.29 is 19.1 Å². The summed E-state index contributed by atoms with van der Waals surface area (Å²) in [4.78, 5) is 27.4. The van der Waals surface area contributed by atoms with Gasteiger partial charge in [0.15, 0.2) is 17.2 Å². The van der Waals surface area contributed by atoms with Crippen molar-refractivity contribution in [2.75, 3.05) is 5.73 Å². The van der Waals surface area contributed by atoms with Crippen LogP contribution in [0.5, 0.6) is 0 Å². The molecule has 0 aliphatic carbocycles. The van der Waals surface area contributed by atoms with Crippen LogP contribution in [-0.2, 0) is 10.5 Å². The third-order valence-electron chi connectivity index (χ3n) is 3.69. The second-order valence-corrected chi connectivity index (χ2v) is 5.40. The molecule has 122 valence electrons. The average Bonchev–Trinajstić information content (AvgIpc) is 3.15. The van der Waals surface area contributed by atoms with Crippen molar-refractivity contribution in [3.63, 3.8) is 0 Å². The number of urea groups is 1. The number of rotatable bonds is 2. The van der Waals surface area contributed by atoms with Gasteiger partial charge in [0.2, 0.25) is 0 Å². The number of pyridine rings is 1. The van der Waals surface area contributed by atoms with Crippen LogP contribution >= 0.6 is 0 Å². The fourth-order valence-corrected chi connectivity index (χ4v) is 2.56. The molecule has 1 saturated heterocycles. The molecule has 10 heteroatoms. The van der Waals surface area contributed by atoms with Gasteiger partial charge in [-0.2, -0.15) is 0 Å². The number of anilines is 1. The number of amides is 3. The first-order valence-corrected chi connectivity index (χ1v) is 6.96. The predicted molar refractivity (Wildman–Crippen MR) is 80.9 cm³/mol. The zero-order valence-electron chi connectivity index (χ0n) is 12.4. The minimum Gasteiger partial charge on any atom is -0.454 e. The van der Waals surface area contributed by atoms with Gasteiger partial charge in [0.1, 0.15) is 11.3 Å². The molecule has 4 rings (SSSR count). The summed E-state index contributed by atoms with van der Waals surface area (Å²) >= 11 is 0. The molecule has 0 radical (unpaired) electrons. The lowest BCUT2D eigenvalue weighted by atomic mass is 10.1. The van der Waals surface area contributed by atoms with Gasteiger partial charge < -0.3 is 15.3 Å². The zero-order valence-corrected chi connectivity index (χ0v) is 12.4. The standard InChI is InChI=1S/C14H12N6O4/c1-6-4-10(15)19-20(6)11-3-2-8-7(16-11)5-9(24-8)14(23)12(21)17-13(22)18-14/h2-5,23H,1H3,(H2,15,19)(H2,17,18,21,22)/t14-/m1/s1. The number of hydrogen-bond donors (Lipinski definition) is 4. The highest BCUT2D eigenvalue weighted by atomic mass is 16.4. The maximum absolute atomic E-state index is 11.8. The van der Waals surface area contributed by atoms with Crippen LogP contribution in [0.2, 0.25) is 0 Å². The van der Waals surface area contributed by atoms with Crippen molar-refractivity contribution in [3.05, 3.63) is 35.7 Å². The number of nitrogens with one attached hydrogen (secondary N) is 2. The summed E-state index contributed by atoms with van der Waals surface area (Å²) in [6, 6.07) is 5.56. The number of furan rings is 1. The van der Waals surface area contributed by atoms with E-state index in [1.54, 1.807) is 22.9 Å². The average molecular weight is 328 g/mol. The Morgan fingerprint density at radius 3 is 2.75 bits per heavy atom. The lowest BCUT2D eigenvalue weighted by molar-refractivity contribution is -0.139. The molecule has 10 nitrogen and oxygen atoms in total. The third kappa shape index (κ3) is 1.93. The smallest absolute Gasteiger partial charge is 0.324 e. The number of hydrogen-bond acceptors (Lipinski definition) is 7. The molecule has 24 heavy (non-hydrogen) atoms. The first-order chi connectivity index (χ1) is 11.4. The topological polar surface area (TPSA) is 148 Å². The van der Waals surface area contributed by atoms with E-state index >= 15 is 0 Å². The predicted octanol–water partition coefficient (Wildman–Crippen LogP) is -0.111. The van der Waals surface area contributed by atoms with E-state index in [0.29, 0.717) is 22.7 Å². The number of nitrogen functional groups attached to an aromatic ring is 1. The number of nitrogens with two attached hydrogens (primary N) is 1. The third-order valence-corrected chi connectivity index (χ3v) is 3.69. The van der Waals surface area contributed by atoms with Crippen LogP contribution in [0.25, 0.3) is 16.9 Å². The van der Waals surface area contributed by atoms with Gasteiger partial charge in [-0.05, 0) is 19.1 Å². The van der Waals surface area contributed by atoms with Gasteiger partial charge in [-0.1, -0.05) is 0 Å². The SMILES string of the molecule is Cc1cc(N)nn1-c1ccc2oc([C@]3(O)NC(=O)NC3=O)cc2n1. The van der Waals surface area contributed by atoms with Crippen molar-refractivity contribution >= 4 is 28.9 Å². The number of imide groups is 1. The molecular formula is C14H12N6O4. The van der Waals surface area contributed by atoms with Crippen LogP contribution in [0, 0.1) is 6.92 Å². The first-order valence-electron chi connectivity index (χ1n) is 6.96. The molecular weight excluding hydrogens is 316 g/mol. The van der Waals surface area contributed by atoms with E-state index in [1.807, 2.05) is 12.2 Å². The van der Waals surface area contributed by atoms with E-state index < -0.39 is 17.7 Å². The van der Waals surface area contributed by atoms with E-state index in [-0.39, 0.29) is 5.76 Å². The Kier molecular flexibility index (Phi) is 2.69. The van der Waals surface area contributed by atoms with Crippen LogP contribution in [0.1, 0.15) is 11.5 Å². The quantitative estimate of drug-likeness (QED) is 0.479. The van der Waals surface area contributed by atoms with Gasteiger partial charge in [0.25, 0.3) is 11.6 Å². The molecule has 5 N–H and O–H groups in total. The van der Waals surface area contributed by atoms with Gasteiger partial charge >= 0.3 is 6.03 Å². The van der Waals surface area contributed by atoms with Crippen molar-refractivity contribution in [3.8, 4) is 5.82 Å². The monoisotopic (exact) mass is 328 g/mol. The molecule has 0 unspecified atom stereocenters. The van der Waals surface area contributed by atoms with E-state index in [4.69, 9.17) is 10.2 Å². The Labute approximate surface area is 134 Å². The minimum absolute atomic E-state index is 0.137. The number of nitrogens with zero attached hydrogens (tertiary/aromatic N) is 3. The summed E-state index contributed by atoms with van der Waals surface area (Å²) in [5.74, 6) is -0.192. The Balaban J connectivity index is 1.81.